The summed E-state index contributed by atoms with van der Waals surface area (Å²) in [6, 6.07) is 0. The maximum atomic E-state index is 12.1. The highest BCUT2D eigenvalue weighted by Crippen LogP contribution is 2.23. The Bertz CT molecular complexity index is 600. The number of aromatic nitrogens is 2. The zero-order chi connectivity index (χ0) is 14.8. The third-order valence-corrected chi connectivity index (χ3v) is 5.06. The van der Waals surface area contributed by atoms with Gasteiger partial charge in [-0.3, -0.25) is 4.79 Å². The summed E-state index contributed by atoms with van der Waals surface area (Å²) >= 11 is 0. The Kier molecular flexibility index (Phi) is 3.94. The van der Waals surface area contributed by atoms with Gasteiger partial charge in [0.15, 0.2) is 9.84 Å². The van der Waals surface area contributed by atoms with E-state index in [4.69, 9.17) is 0 Å². The van der Waals surface area contributed by atoms with E-state index < -0.39 is 21.3 Å². The van der Waals surface area contributed by atoms with Gasteiger partial charge in [-0.1, -0.05) is 0 Å². The number of nitrogens with one attached hydrogen (secondary N) is 2. The lowest BCUT2D eigenvalue weighted by Gasteiger charge is -2.23. The van der Waals surface area contributed by atoms with Crippen molar-refractivity contribution >= 4 is 21.6 Å². The molecule has 0 aromatic carbocycles. The van der Waals surface area contributed by atoms with Crippen LogP contribution in [0.3, 0.4) is 0 Å². The van der Waals surface area contributed by atoms with Crippen molar-refractivity contribution in [3.05, 3.63) is 18.1 Å². The van der Waals surface area contributed by atoms with Crippen molar-refractivity contribution in [2.45, 2.75) is 25.8 Å². The molecular weight excluding hydrogens is 280 g/mol. The van der Waals surface area contributed by atoms with E-state index in [9.17, 15) is 13.2 Å². The number of carbonyl (C=O) groups is 1. The summed E-state index contributed by atoms with van der Waals surface area (Å²) < 4.78 is 23.0. The lowest BCUT2D eigenvalue weighted by atomic mass is 10.0. The summed E-state index contributed by atoms with van der Waals surface area (Å²) in [6.07, 6.45) is 3.27. The molecule has 2 N–H and O–H groups in total. The number of rotatable bonds is 4. The summed E-state index contributed by atoms with van der Waals surface area (Å²) in [5.41, 5.74) is -0.546. The molecule has 0 aliphatic carbocycles. The summed E-state index contributed by atoms with van der Waals surface area (Å²) in [7, 11) is -3.06. The van der Waals surface area contributed by atoms with Gasteiger partial charge in [0.25, 0.3) is 5.91 Å². The summed E-state index contributed by atoms with van der Waals surface area (Å²) in [5.74, 6) is 0.266. The van der Waals surface area contributed by atoms with Crippen LogP contribution in [-0.4, -0.2) is 47.9 Å². The number of nitrogens with zero attached hydrogens (tertiary/aromatic N) is 2. The second-order valence-electron chi connectivity index (χ2n) is 5.17. The lowest BCUT2D eigenvalue weighted by molar-refractivity contribution is 0.0910. The van der Waals surface area contributed by atoms with Gasteiger partial charge in [0.2, 0.25) is 0 Å². The van der Waals surface area contributed by atoms with Crippen LogP contribution in [-0.2, 0) is 9.84 Å². The minimum absolute atomic E-state index is 0.0331. The summed E-state index contributed by atoms with van der Waals surface area (Å²) in [6.45, 7) is 4.38. The first-order valence-electron chi connectivity index (χ1n) is 6.42. The fourth-order valence-electron chi connectivity index (χ4n) is 2.16. The fourth-order valence-corrected chi connectivity index (χ4v) is 4.26. The van der Waals surface area contributed by atoms with Crippen LogP contribution in [0.5, 0.6) is 0 Å². The molecule has 1 aliphatic heterocycles. The molecule has 20 heavy (non-hydrogen) atoms. The molecule has 0 spiro atoms. The molecule has 1 fully saturated rings. The zero-order valence-electron chi connectivity index (χ0n) is 11.5. The van der Waals surface area contributed by atoms with E-state index >= 15 is 0 Å². The highest BCUT2D eigenvalue weighted by molar-refractivity contribution is 7.91. The predicted molar refractivity (Wildman–Crippen MR) is 75.3 cm³/mol. The van der Waals surface area contributed by atoms with Crippen LogP contribution in [0.25, 0.3) is 0 Å². The standard InChI is InChI=1S/C12H18N4O3S/c1-3-13-10-7-14-9(6-15-10)11(17)16-12(2)4-5-20(18,19)8-12/h6-7H,3-5,8H2,1-2H3,(H,13,15)(H,16,17). The SMILES string of the molecule is CCNc1cnc(C(=O)NC2(C)CCS(=O)(=O)C2)cn1. The maximum Gasteiger partial charge on any atom is 0.271 e. The molecule has 1 aliphatic rings. The third kappa shape index (κ3) is 3.44. The van der Waals surface area contributed by atoms with Crippen molar-refractivity contribution in [1.82, 2.24) is 15.3 Å². The second-order valence-corrected chi connectivity index (χ2v) is 7.36. The molecule has 1 amide bonds. The van der Waals surface area contributed by atoms with Crippen molar-refractivity contribution in [2.24, 2.45) is 0 Å². The average molecular weight is 298 g/mol. The molecule has 2 heterocycles. The summed E-state index contributed by atoms with van der Waals surface area (Å²) in [4.78, 5) is 20.1. The van der Waals surface area contributed by atoms with Crippen LogP contribution >= 0.6 is 0 Å². The van der Waals surface area contributed by atoms with Crippen molar-refractivity contribution in [1.29, 1.82) is 0 Å². The Balaban J connectivity index is 2.05. The average Bonchev–Trinajstić information content (AvgIpc) is 2.64. The van der Waals surface area contributed by atoms with Gasteiger partial charge >= 0.3 is 0 Å². The molecule has 1 aromatic heterocycles. The first kappa shape index (κ1) is 14.7. The van der Waals surface area contributed by atoms with Crippen LogP contribution in [0.4, 0.5) is 5.82 Å². The highest BCUT2D eigenvalue weighted by atomic mass is 32.2. The van der Waals surface area contributed by atoms with E-state index in [2.05, 4.69) is 20.6 Å². The monoisotopic (exact) mass is 298 g/mol. The number of carbonyl (C=O) groups excluding carboxylic acids is 1. The third-order valence-electron chi connectivity index (χ3n) is 3.16. The smallest absolute Gasteiger partial charge is 0.271 e. The van der Waals surface area contributed by atoms with E-state index in [1.165, 1.54) is 12.4 Å². The van der Waals surface area contributed by atoms with Crippen molar-refractivity contribution in [2.75, 3.05) is 23.4 Å². The van der Waals surface area contributed by atoms with Crippen molar-refractivity contribution in [3.63, 3.8) is 0 Å². The number of hydrogen-bond donors (Lipinski definition) is 2. The van der Waals surface area contributed by atoms with Crippen molar-refractivity contribution in [3.8, 4) is 0 Å². The van der Waals surface area contributed by atoms with E-state index in [1.54, 1.807) is 6.92 Å². The van der Waals surface area contributed by atoms with Gasteiger partial charge in [-0.05, 0) is 20.3 Å². The maximum absolute atomic E-state index is 12.1. The predicted octanol–water partition coefficient (Wildman–Crippen LogP) is 0.215. The van der Waals surface area contributed by atoms with Gasteiger partial charge in [-0.25, -0.2) is 18.4 Å². The Hall–Kier alpha value is -1.70. The molecule has 1 unspecified atom stereocenters. The van der Waals surface area contributed by atoms with E-state index in [0.717, 1.165) is 6.54 Å². The Morgan fingerprint density at radius 2 is 2.15 bits per heavy atom. The molecule has 1 saturated heterocycles. The van der Waals surface area contributed by atoms with Crippen LogP contribution < -0.4 is 10.6 Å². The normalized spacial score (nSPS) is 24.3. The minimum atomic E-state index is -3.06. The van der Waals surface area contributed by atoms with Crippen LogP contribution in [0.2, 0.25) is 0 Å². The molecule has 110 valence electrons. The summed E-state index contributed by atoms with van der Waals surface area (Å²) in [5, 5.41) is 5.72. The Labute approximate surface area is 118 Å². The Morgan fingerprint density at radius 1 is 1.40 bits per heavy atom. The van der Waals surface area contributed by atoms with Gasteiger partial charge in [0.1, 0.15) is 11.5 Å². The first-order valence-corrected chi connectivity index (χ1v) is 8.24. The van der Waals surface area contributed by atoms with Gasteiger partial charge in [0.05, 0.1) is 29.4 Å². The van der Waals surface area contributed by atoms with Gasteiger partial charge in [-0.2, -0.15) is 0 Å². The zero-order valence-corrected chi connectivity index (χ0v) is 12.3. The second kappa shape index (κ2) is 5.35. The van der Waals surface area contributed by atoms with Gasteiger partial charge < -0.3 is 10.6 Å². The van der Waals surface area contributed by atoms with Gasteiger partial charge in [-0.15, -0.1) is 0 Å². The van der Waals surface area contributed by atoms with Crippen LogP contribution in [0.15, 0.2) is 12.4 Å². The molecular formula is C12H18N4O3S. The topological polar surface area (TPSA) is 101 Å². The number of amides is 1. The van der Waals surface area contributed by atoms with Crippen LogP contribution in [0, 0.1) is 0 Å². The highest BCUT2D eigenvalue weighted by Gasteiger charge is 2.39. The molecule has 7 nitrogen and oxygen atoms in total. The molecule has 0 saturated carbocycles. The molecule has 1 atom stereocenters. The van der Waals surface area contributed by atoms with Crippen LogP contribution in [0.1, 0.15) is 30.8 Å². The number of sulfone groups is 1. The minimum Gasteiger partial charge on any atom is -0.369 e. The molecule has 8 heteroatoms. The quantitative estimate of drug-likeness (QED) is 0.824. The molecule has 2 rings (SSSR count). The van der Waals surface area contributed by atoms with Gasteiger partial charge in [0, 0.05) is 6.54 Å². The largest absolute Gasteiger partial charge is 0.369 e. The van der Waals surface area contributed by atoms with Crippen molar-refractivity contribution < 1.29 is 13.2 Å². The number of hydrogen-bond acceptors (Lipinski definition) is 6. The molecule has 1 aromatic rings. The lowest BCUT2D eigenvalue weighted by Crippen LogP contribution is -2.47. The van der Waals surface area contributed by atoms with E-state index in [-0.39, 0.29) is 17.2 Å². The van der Waals surface area contributed by atoms with E-state index in [0.29, 0.717) is 12.2 Å². The number of anilines is 1. The first-order chi connectivity index (χ1) is 9.34. The van der Waals surface area contributed by atoms with E-state index in [1.807, 2.05) is 6.92 Å². The molecule has 0 bridgehead atoms. The molecule has 0 radical (unpaired) electrons. The fraction of sp³-hybridized carbons (Fsp3) is 0.583. The Morgan fingerprint density at radius 3 is 2.65 bits per heavy atom.